The summed E-state index contributed by atoms with van der Waals surface area (Å²) in [5.41, 5.74) is 9.23. The first-order valence-corrected chi connectivity index (χ1v) is 85.0. The Bertz CT molecular complexity index is 2680. The Morgan fingerprint density at radius 3 is 1.69 bits per heavy atom. The Labute approximate surface area is 509 Å². The van der Waals surface area contributed by atoms with Crippen molar-refractivity contribution in [3.05, 3.63) is 108 Å². The molecule has 2 aromatic carbocycles. The molecule has 4 aliphatic rings. The maximum atomic E-state index is 13.0. The van der Waals surface area contributed by atoms with Gasteiger partial charge in [-0.3, -0.25) is 33.3 Å². The van der Waals surface area contributed by atoms with Gasteiger partial charge in [0.15, 0.2) is 5.78 Å². The van der Waals surface area contributed by atoms with E-state index in [1.807, 2.05) is 46.5 Å². The average Bonchev–Trinajstić information content (AvgIpc) is 4.05. The monoisotopic (exact) mass is 2280 g/mol. The quantitative estimate of drug-likeness (QED) is 0.104. The Balaban J connectivity index is 0.000000170. The smallest absolute Gasteiger partial charge is 0.254 e. The van der Waals surface area contributed by atoms with E-state index < -0.39 is 0 Å². The maximum Gasteiger partial charge on any atom is 0.254 e. The zero-order valence-electron chi connectivity index (χ0n) is 37.6. The number of amides is 2. The third-order valence-corrected chi connectivity index (χ3v) is 591. The molecule has 0 unspecified atom stereocenters. The second-order valence-corrected chi connectivity index (χ2v) is 228. The summed E-state index contributed by atoms with van der Waals surface area (Å²) >= 11 is 41.8. The van der Waals surface area contributed by atoms with Crippen molar-refractivity contribution < 1.29 is 37.1 Å². The molecule has 5 aromatic rings. The molecule has 0 fully saturated rings. The molecule has 0 aliphatic carbocycles. The van der Waals surface area contributed by atoms with Crippen LogP contribution in [0, 0.1) is 0 Å². The number of hydrogen-bond acceptors (Lipinski definition) is 9. The van der Waals surface area contributed by atoms with Crippen molar-refractivity contribution in [1.29, 1.82) is 0 Å². The molecule has 0 bridgehead atoms. The van der Waals surface area contributed by atoms with E-state index >= 15 is 0 Å². The summed E-state index contributed by atoms with van der Waals surface area (Å²) < 4.78 is 15.5. The van der Waals surface area contributed by atoms with Crippen LogP contribution in [0.1, 0.15) is 72.1 Å². The third-order valence-electron chi connectivity index (χ3n) is 11.1. The van der Waals surface area contributed by atoms with Crippen LogP contribution in [0.15, 0.2) is 42.6 Å². The van der Waals surface area contributed by atoms with E-state index in [1.165, 1.54) is 5.56 Å². The van der Waals surface area contributed by atoms with Gasteiger partial charge in [-0.15, -0.1) is 0 Å². The van der Waals surface area contributed by atoms with Gasteiger partial charge in [0, 0.05) is 94.5 Å². The third kappa shape index (κ3) is 16.0. The summed E-state index contributed by atoms with van der Waals surface area (Å²) in [6.07, 6.45) is 5.44. The Hall–Kier alpha value is 3.75. The van der Waals surface area contributed by atoms with Gasteiger partial charge in [-0.1, -0.05) is 46.4 Å². The predicted octanol–water partition coefficient (Wildman–Crippen LogP) is 12.7. The second kappa shape index (κ2) is 30.0. The molecule has 0 saturated heterocycles. The number of rotatable bonds is 9. The van der Waals surface area contributed by atoms with Crippen molar-refractivity contribution in [3.8, 4) is 11.4 Å². The molecule has 0 radical (unpaired) electrons. The van der Waals surface area contributed by atoms with E-state index in [4.69, 9.17) is 61.0 Å². The first-order chi connectivity index (χ1) is 33.3. The summed E-state index contributed by atoms with van der Waals surface area (Å²) in [5, 5.41) is 15.4. The topological polar surface area (TPSA) is 133 Å². The van der Waals surface area contributed by atoms with Gasteiger partial charge in [-0.05, 0) is 63.3 Å². The number of aryl methyl sites for hydroxylation is 4. The molecule has 0 N–H and O–H groups in total. The van der Waals surface area contributed by atoms with Gasteiger partial charge in [0.05, 0.1) is 62.2 Å². The number of benzene rings is 2. The molecule has 7 heterocycles. The van der Waals surface area contributed by atoms with E-state index in [0.29, 0.717) is 89.2 Å². The molecule has 0 atom stereocenters. The first kappa shape index (κ1) is 62.9. The molecule has 29 heteroatoms. The number of carbonyl (C=O) groups is 3. The van der Waals surface area contributed by atoms with Crippen LogP contribution in [0.3, 0.4) is 0 Å². The Kier molecular flexibility index (Phi) is 27.0. The molecular weight excluding hydrogens is 2240 g/mol. The van der Waals surface area contributed by atoms with Crippen LogP contribution in [-0.4, -0.2) is 109 Å². The molecule has 0 spiro atoms. The standard InChI is InChI=1S/C19H17Cl2N5O.C17H15Cl2N3O2.C5H13NO2.I11/c1-24-17-12(9-22-24)4-7-26-18(17)13-10-25(6-5-16(13)23-26)19(27)11-2-3-14(20)15(21)8-11;18-12-4-3-10(8-13(12)19)17(24)21-7-5-14-11(9-21)16-15(23)2-1-6-22(16)20-14;1-6(2)5(7-3)8-4;1-7-9(4)11(6)10(5)8(2)3/h2-3,8-9H,4-7,10H2,1H3;3-4,8H,1-2,5-7,9H2;5H,1-4H3;/q;;;-1. The van der Waals surface area contributed by atoms with Crippen molar-refractivity contribution in [2.24, 2.45) is 7.05 Å². The fraction of sp³-hybridized carbons (Fsp3) is 0.415. The fourth-order valence-electron chi connectivity index (χ4n) is 8.02. The van der Waals surface area contributed by atoms with Gasteiger partial charge in [0.2, 0.25) is 6.41 Å². The molecule has 390 valence electrons. The van der Waals surface area contributed by atoms with Gasteiger partial charge in [0.1, 0.15) is 5.69 Å². The summed E-state index contributed by atoms with van der Waals surface area (Å²) in [6.45, 7) is 3.79. The molecule has 70 heavy (non-hydrogen) atoms. The molecule has 2 amide bonds. The number of ether oxygens (including phenoxy) is 2. The molecule has 4 aliphatic heterocycles. The van der Waals surface area contributed by atoms with Gasteiger partial charge in [-0.2, -0.15) is 15.3 Å². The summed E-state index contributed by atoms with van der Waals surface area (Å²) in [5.74, 6) is -0.0264. The average molecular weight is 2280 g/mol. The van der Waals surface area contributed by atoms with Crippen molar-refractivity contribution in [3.63, 3.8) is 0 Å². The van der Waals surface area contributed by atoms with Crippen molar-refractivity contribution in [2.75, 3.05) is 41.4 Å². The number of halogens is 15. The SMILES string of the molecule is COC(OC)N(C)C.Cn1ncc2c1-c1c3c(nn1CC2)CCN(C(=O)c1ccc(Cl)c(Cl)c1)C3.I[I-]I(I)I(I)I(I)I(I)I.O=C1CCCn2nc3c(c21)CN(C(=O)c1ccc(Cl)c(Cl)c1)CC3. The van der Waals surface area contributed by atoms with Crippen LogP contribution in [-0.2, 0) is 62.0 Å². The van der Waals surface area contributed by atoms with Crippen molar-refractivity contribution >= 4 is 207 Å². The van der Waals surface area contributed by atoms with Gasteiger partial charge < -0.3 is 19.3 Å². The van der Waals surface area contributed by atoms with Gasteiger partial charge in [0.25, 0.3) is 11.8 Å². The number of ketones is 1. The van der Waals surface area contributed by atoms with Crippen LogP contribution < -0.4 is 13.3 Å². The van der Waals surface area contributed by atoms with Crippen molar-refractivity contribution in [1.82, 2.24) is 44.0 Å². The number of carbonyl (C=O) groups excluding carboxylic acids is 3. The van der Waals surface area contributed by atoms with E-state index in [2.05, 4.69) is 127 Å². The number of methoxy groups -OCH3 is 2. The zero-order chi connectivity index (χ0) is 51.1. The summed E-state index contributed by atoms with van der Waals surface area (Å²) in [6, 6.07) is 9.90. The van der Waals surface area contributed by atoms with Crippen LogP contribution in [0.5, 0.6) is 0 Å². The molecule has 9 rings (SSSR count). The fourth-order valence-corrected chi connectivity index (χ4v) is 1060. The predicted molar refractivity (Wildman–Crippen MR) is 365 cm³/mol. The molecule has 3 aromatic heterocycles. The number of fused-ring (bicyclic) bond motifs is 8. The maximum absolute atomic E-state index is 13.0. The van der Waals surface area contributed by atoms with Gasteiger partial charge in [-0.25, -0.2) is 0 Å². The van der Waals surface area contributed by atoms with Crippen LogP contribution in [0.25, 0.3) is 11.4 Å². The van der Waals surface area contributed by atoms with Gasteiger partial charge >= 0.3 is 157 Å². The number of nitrogens with zero attached hydrogens (tertiary/aromatic N) is 9. The Morgan fingerprint density at radius 1 is 0.714 bits per heavy atom. The summed E-state index contributed by atoms with van der Waals surface area (Å²) in [7, 11) is 7.78. The molecule has 0 saturated carbocycles. The minimum Gasteiger partial charge on any atom is -0.334 e. The zero-order valence-corrected chi connectivity index (χ0v) is 64.4. The van der Waals surface area contributed by atoms with E-state index in [1.54, 1.807) is 55.5 Å². The van der Waals surface area contributed by atoms with Crippen LogP contribution in [0.4, 0.5) is 0 Å². The number of Topliss-reactive ketones (excluding diaryl/α,β-unsaturated/α-hetero) is 1. The number of hydrogen-bond donors (Lipinski definition) is 0. The van der Waals surface area contributed by atoms with E-state index in [-0.39, 0.29) is 55.6 Å². The van der Waals surface area contributed by atoms with E-state index in [9.17, 15) is 14.4 Å². The van der Waals surface area contributed by atoms with Crippen molar-refractivity contribution in [2.45, 2.75) is 64.7 Å². The first-order valence-electron chi connectivity index (χ1n) is 20.6. The second-order valence-electron chi connectivity index (χ2n) is 15.6. The summed E-state index contributed by atoms with van der Waals surface area (Å²) in [4.78, 5) is 43.4. The normalized spacial score (nSPS) is 15.5. The minimum absolute atomic E-state index is 0.0415. The van der Waals surface area contributed by atoms with E-state index in [0.717, 1.165) is 66.3 Å². The largest absolute Gasteiger partial charge is 0.334 e. The minimum atomic E-state index is -0.355. The van der Waals surface area contributed by atoms with Crippen LogP contribution in [0.2, 0.25) is 20.1 Å². The molecular formula is C41H45Cl4I11N9O5-. The number of aromatic nitrogens is 6. The van der Waals surface area contributed by atoms with Crippen LogP contribution >= 0.6 is 190 Å². The Morgan fingerprint density at radius 2 is 1.23 bits per heavy atom. The molecule has 14 nitrogen and oxygen atoms in total.